The Morgan fingerprint density at radius 3 is 1.74 bits per heavy atom. The zero-order chi connectivity index (χ0) is 15.1. The van der Waals surface area contributed by atoms with Gasteiger partial charge in [0.2, 0.25) is 0 Å². The SMILES string of the molecule is CC(C)(C)N1CCC(C([Si](C)(C)C)[Si](C)(C)C)OC1. The van der Waals surface area contributed by atoms with Gasteiger partial charge in [0.05, 0.1) is 12.8 Å². The van der Waals surface area contributed by atoms with E-state index in [1.54, 1.807) is 0 Å². The average Bonchev–Trinajstić information content (AvgIpc) is 2.12. The molecule has 0 radical (unpaired) electrons. The maximum atomic E-state index is 6.33. The largest absolute Gasteiger partial charge is 0.363 e. The first-order valence-electron chi connectivity index (χ1n) is 7.70. The fraction of sp³-hybridized carbons (Fsp3) is 1.00. The fourth-order valence-electron chi connectivity index (χ4n) is 3.82. The van der Waals surface area contributed by atoms with Crippen molar-refractivity contribution in [1.29, 1.82) is 0 Å². The molecule has 0 bridgehead atoms. The molecule has 2 nitrogen and oxygen atoms in total. The van der Waals surface area contributed by atoms with E-state index in [1.165, 1.54) is 13.0 Å². The molecule has 0 aromatic heterocycles. The first kappa shape index (κ1) is 17.4. The van der Waals surface area contributed by atoms with E-state index in [0.29, 0.717) is 6.10 Å². The Hall–Kier alpha value is 0.354. The summed E-state index contributed by atoms with van der Waals surface area (Å²) in [6, 6.07) is 0. The minimum atomic E-state index is -1.16. The monoisotopic (exact) mass is 301 g/mol. The van der Waals surface area contributed by atoms with Crippen LogP contribution in [-0.2, 0) is 4.74 Å². The van der Waals surface area contributed by atoms with Crippen molar-refractivity contribution in [2.75, 3.05) is 13.3 Å². The van der Waals surface area contributed by atoms with Gasteiger partial charge in [-0.15, -0.1) is 0 Å². The Labute approximate surface area is 122 Å². The molecule has 1 aliphatic rings. The van der Waals surface area contributed by atoms with Crippen LogP contribution in [0.2, 0.25) is 44.4 Å². The molecule has 19 heavy (non-hydrogen) atoms. The molecule has 1 aliphatic heterocycles. The van der Waals surface area contributed by atoms with Gasteiger partial charge in [0.25, 0.3) is 0 Å². The van der Waals surface area contributed by atoms with Crippen LogP contribution in [0.15, 0.2) is 0 Å². The average molecular weight is 302 g/mol. The van der Waals surface area contributed by atoms with Crippen molar-refractivity contribution in [3.8, 4) is 0 Å². The van der Waals surface area contributed by atoms with Crippen molar-refractivity contribution >= 4 is 16.1 Å². The summed E-state index contributed by atoms with van der Waals surface area (Å²) < 4.78 is 6.33. The van der Waals surface area contributed by atoms with Crippen molar-refractivity contribution in [3.05, 3.63) is 0 Å². The Kier molecular flexibility index (Phi) is 5.15. The van der Waals surface area contributed by atoms with Crippen molar-refractivity contribution in [1.82, 2.24) is 4.90 Å². The summed E-state index contributed by atoms with van der Waals surface area (Å²) in [5.41, 5.74) is 0.235. The quantitative estimate of drug-likeness (QED) is 0.716. The van der Waals surface area contributed by atoms with Crippen molar-refractivity contribution in [2.45, 2.75) is 83.3 Å². The zero-order valence-corrected chi connectivity index (χ0v) is 16.6. The lowest BCUT2D eigenvalue weighted by Crippen LogP contribution is -2.56. The van der Waals surface area contributed by atoms with Crippen LogP contribution in [0.3, 0.4) is 0 Å². The first-order chi connectivity index (χ1) is 8.33. The highest BCUT2D eigenvalue weighted by molar-refractivity contribution is 6.96. The number of nitrogens with zero attached hydrogens (tertiary/aromatic N) is 1. The molecule has 1 fully saturated rings. The molecule has 1 saturated heterocycles. The molecule has 1 rings (SSSR count). The zero-order valence-electron chi connectivity index (χ0n) is 14.6. The number of hydrogen-bond acceptors (Lipinski definition) is 2. The summed E-state index contributed by atoms with van der Waals surface area (Å²) in [6.07, 6.45) is 1.73. The van der Waals surface area contributed by atoms with Crippen molar-refractivity contribution in [2.24, 2.45) is 0 Å². The van der Waals surface area contributed by atoms with E-state index in [4.69, 9.17) is 4.74 Å². The van der Waals surface area contributed by atoms with Crippen LogP contribution >= 0.6 is 0 Å². The molecule has 0 N–H and O–H groups in total. The van der Waals surface area contributed by atoms with Crippen molar-refractivity contribution < 1.29 is 4.74 Å². The standard InChI is InChI=1S/C15H35NOSi2/c1-15(2,3)16-11-10-13(17-12-16)14(18(4,5)6)19(7,8)9/h13-14H,10-12H2,1-9H3. The van der Waals surface area contributed by atoms with Gasteiger partial charge >= 0.3 is 0 Å². The van der Waals surface area contributed by atoms with Crippen LogP contribution in [0, 0.1) is 0 Å². The van der Waals surface area contributed by atoms with Gasteiger partial charge in [-0.3, -0.25) is 4.90 Å². The predicted molar refractivity (Wildman–Crippen MR) is 91.3 cm³/mol. The summed E-state index contributed by atoms with van der Waals surface area (Å²) in [6.45, 7) is 24.0. The molecule has 0 spiro atoms. The van der Waals surface area contributed by atoms with Crippen LogP contribution in [0.1, 0.15) is 27.2 Å². The van der Waals surface area contributed by atoms with Gasteiger partial charge in [0.1, 0.15) is 0 Å². The first-order valence-corrected chi connectivity index (χ1v) is 14.9. The third-order valence-electron chi connectivity index (χ3n) is 4.31. The second-order valence-electron chi connectivity index (χ2n) is 9.27. The lowest BCUT2D eigenvalue weighted by atomic mass is 10.1. The Morgan fingerprint density at radius 1 is 1.00 bits per heavy atom. The predicted octanol–water partition coefficient (Wildman–Crippen LogP) is 4.42. The minimum absolute atomic E-state index is 0.235. The van der Waals surface area contributed by atoms with Crippen LogP contribution in [-0.4, -0.2) is 46.0 Å². The van der Waals surface area contributed by atoms with Gasteiger partial charge in [-0.05, 0) is 32.4 Å². The van der Waals surface area contributed by atoms with E-state index in [1.807, 2.05) is 0 Å². The van der Waals surface area contributed by atoms with Crippen LogP contribution in [0.4, 0.5) is 0 Å². The molecule has 0 amide bonds. The highest BCUT2D eigenvalue weighted by Crippen LogP contribution is 2.39. The van der Waals surface area contributed by atoms with E-state index in [9.17, 15) is 0 Å². The van der Waals surface area contributed by atoms with E-state index in [0.717, 1.165) is 11.9 Å². The molecule has 1 unspecified atom stereocenters. The normalized spacial score (nSPS) is 24.0. The summed E-state index contributed by atoms with van der Waals surface area (Å²) in [5.74, 6) is 0. The lowest BCUT2D eigenvalue weighted by Gasteiger charge is -2.48. The topological polar surface area (TPSA) is 12.5 Å². The highest BCUT2D eigenvalue weighted by Gasteiger charge is 2.44. The number of rotatable bonds is 3. The minimum Gasteiger partial charge on any atom is -0.363 e. The molecule has 0 aliphatic carbocycles. The molecule has 1 atom stereocenters. The summed E-state index contributed by atoms with van der Waals surface area (Å²) in [5, 5.41) is 0.863. The van der Waals surface area contributed by atoms with E-state index in [2.05, 4.69) is 65.0 Å². The molecule has 1 heterocycles. The molecule has 114 valence electrons. The van der Waals surface area contributed by atoms with Gasteiger partial charge in [0.15, 0.2) is 0 Å². The molecular formula is C15H35NOSi2. The van der Waals surface area contributed by atoms with Crippen LogP contribution < -0.4 is 0 Å². The van der Waals surface area contributed by atoms with Crippen LogP contribution in [0.25, 0.3) is 0 Å². The second-order valence-corrected chi connectivity index (χ2v) is 20.6. The molecule has 0 aromatic carbocycles. The van der Waals surface area contributed by atoms with Gasteiger partial charge in [0, 0.05) is 28.2 Å². The fourth-order valence-corrected chi connectivity index (χ4v) is 17.0. The number of hydrogen-bond donors (Lipinski definition) is 0. The Balaban J connectivity index is 2.77. The van der Waals surface area contributed by atoms with Gasteiger partial charge in [-0.25, -0.2) is 0 Å². The van der Waals surface area contributed by atoms with Crippen LogP contribution in [0.5, 0.6) is 0 Å². The third-order valence-corrected chi connectivity index (χ3v) is 14.0. The van der Waals surface area contributed by atoms with E-state index >= 15 is 0 Å². The highest BCUT2D eigenvalue weighted by atomic mass is 28.4. The Bertz CT molecular complexity index is 277. The summed E-state index contributed by atoms with van der Waals surface area (Å²) in [7, 11) is -2.32. The molecule has 0 saturated carbocycles. The molecule has 4 heteroatoms. The van der Waals surface area contributed by atoms with Gasteiger partial charge < -0.3 is 4.74 Å². The summed E-state index contributed by atoms with van der Waals surface area (Å²) in [4.78, 5) is 2.47. The lowest BCUT2D eigenvalue weighted by molar-refractivity contribution is -0.0970. The maximum Gasteiger partial charge on any atom is 0.0998 e. The third kappa shape index (κ3) is 4.69. The van der Waals surface area contributed by atoms with E-state index < -0.39 is 16.1 Å². The van der Waals surface area contributed by atoms with Crippen molar-refractivity contribution in [3.63, 3.8) is 0 Å². The molecule has 0 aromatic rings. The summed E-state index contributed by atoms with van der Waals surface area (Å²) >= 11 is 0. The van der Waals surface area contributed by atoms with E-state index in [-0.39, 0.29) is 5.54 Å². The van der Waals surface area contributed by atoms with Gasteiger partial charge in [-0.2, -0.15) is 0 Å². The molecular weight excluding hydrogens is 266 g/mol. The van der Waals surface area contributed by atoms with Gasteiger partial charge in [-0.1, -0.05) is 39.3 Å². The Morgan fingerprint density at radius 2 is 1.47 bits per heavy atom. The smallest absolute Gasteiger partial charge is 0.0998 e. The maximum absolute atomic E-state index is 6.33. The number of ether oxygens (including phenoxy) is 1. The second kappa shape index (κ2) is 5.62.